The normalized spacial score (nSPS) is 23.1. The van der Waals surface area contributed by atoms with Crippen LogP contribution >= 0.6 is 0 Å². The van der Waals surface area contributed by atoms with Crippen LogP contribution in [0.4, 0.5) is 4.39 Å². The standard InChI is InChI=1S/C29H37FN4O4/c1-5-29(6-2)17-24(35)34(27(31)33-29)23(11-12-38-4)19-13-20(15-21(30)14-19)26(36)32-25-22-10-8-7-9-18(22)16-28(25,3)37/h7-10,13-15,23,25,37H,5-6,11-12,16-17H2,1-4H3,(H2,31,33)(H,32,36)/t23-,25-,28?/m1/s1. The van der Waals surface area contributed by atoms with E-state index in [9.17, 15) is 19.1 Å². The number of amides is 2. The van der Waals surface area contributed by atoms with Crippen LogP contribution in [0.5, 0.6) is 0 Å². The molecular weight excluding hydrogens is 487 g/mol. The van der Waals surface area contributed by atoms with Crippen molar-refractivity contribution in [2.24, 2.45) is 0 Å². The Morgan fingerprint density at radius 2 is 1.97 bits per heavy atom. The predicted molar refractivity (Wildman–Crippen MR) is 142 cm³/mol. The van der Waals surface area contributed by atoms with Gasteiger partial charge in [0.05, 0.1) is 24.1 Å². The van der Waals surface area contributed by atoms with E-state index in [1.54, 1.807) is 13.0 Å². The molecule has 1 heterocycles. The molecule has 2 aromatic rings. The fraction of sp³-hybridized carbons (Fsp3) is 0.483. The van der Waals surface area contributed by atoms with Crippen LogP contribution in [0.15, 0.2) is 42.5 Å². The Hall–Kier alpha value is -3.30. The summed E-state index contributed by atoms with van der Waals surface area (Å²) in [5.41, 5.74) is 0.566. The number of hydrogen-bond acceptors (Lipinski definition) is 5. The van der Waals surface area contributed by atoms with E-state index in [-0.39, 0.29) is 30.5 Å². The van der Waals surface area contributed by atoms with Crippen LogP contribution in [0.3, 0.4) is 0 Å². The Labute approximate surface area is 223 Å². The molecule has 1 saturated heterocycles. The van der Waals surface area contributed by atoms with E-state index in [4.69, 9.17) is 10.1 Å². The fourth-order valence-corrected chi connectivity index (χ4v) is 5.72. The van der Waals surface area contributed by atoms with Gasteiger partial charge in [0.2, 0.25) is 5.91 Å². The third-order valence-corrected chi connectivity index (χ3v) is 8.02. The minimum atomic E-state index is -1.19. The summed E-state index contributed by atoms with van der Waals surface area (Å²) in [5, 5.41) is 25.7. The van der Waals surface area contributed by atoms with E-state index in [1.165, 1.54) is 18.1 Å². The first-order valence-electron chi connectivity index (χ1n) is 13.1. The zero-order chi connectivity index (χ0) is 27.7. The number of carbonyl (C=O) groups excluding carboxylic acids is 2. The van der Waals surface area contributed by atoms with Crippen LogP contribution in [0.1, 0.15) is 85.6 Å². The summed E-state index contributed by atoms with van der Waals surface area (Å²) in [4.78, 5) is 28.0. The highest BCUT2D eigenvalue weighted by Gasteiger charge is 2.43. The molecule has 0 saturated carbocycles. The number of hydrogen-bond donors (Lipinski definition) is 4. The van der Waals surface area contributed by atoms with Gasteiger partial charge in [-0.2, -0.15) is 0 Å². The van der Waals surface area contributed by atoms with Crippen molar-refractivity contribution in [1.29, 1.82) is 5.41 Å². The molecule has 0 radical (unpaired) electrons. The molecule has 4 rings (SSSR count). The second kappa shape index (κ2) is 10.8. The Balaban J connectivity index is 1.64. The predicted octanol–water partition coefficient (Wildman–Crippen LogP) is 4.00. The fourth-order valence-electron chi connectivity index (χ4n) is 5.72. The molecule has 0 aromatic heterocycles. The van der Waals surface area contributed by atoms with Crippen molar-refractivity contribution in [1.82, 2.24) is 15.5 Å². The van der Waals surface area contributed by atoms with Gasteiger partial charge in [-0.05, 0) is 61.1 Å². The molecule has 0 bridgehead atoms. The van der Waals surface area contributed by atoms with Crippen LogP contribution in [0, 0.1) is 11.2 Å². The molecule has 1 fully saturated rings. The van der Waals surface area contributed by atoms with E-state index < -0.39 is 34.9 Å². The summed E-state index contributed by atoms with van der Waals surface area (Å²) >= 11 is 0. The van der Waals surface area contributed by atoms with Crippen molar-refractivity contribution in [2.45, 2.75) is 76.1 Å². The number of benzene rings is 2. The number of guanidine groups is 1. The second-order valence-corrected chi connectivity index (χ2v) is 10.6. The minimum absolute atomic E-state index is 0.0417. The summed E-state index contributed by atoms with van der Waals surface area (Å²) in [6.45, 7) is 5.90. The highest BCUT2D eigenvalue weighted by molar-refractivity contribution is 6.00. The van der Waals surface area contributed by atoms with Gasteiger partial charge in [0.1, 0.15) is 5.82 Å². The van der Waals surface area contributed by atoms with Gasteiger partial charge in [-0.25, -0.2) is 4.39 Å². The zero-order valence-electron chi connectivity index (χ0n) is 22.4. The van der Waals surface area contributed by atoms with Crippen molar-refractivity contribution in [3.8, 4) is 0 Å². The third-order valence-electron chi connectivity index (χ3n) is 8.02. The van der Waals surface area contributed by atoms with Gasteiger partial charge in [-0.15, -0.1) is 0 Å². The summed E-state index contributed by atoms with van der Waals surface area (Å²) < 4.78 is 20.2. The first-order valence-corrected chi connectivity index (χ1v) is 13.1. The SMILES string of the molecule is CCC1(CC)CC(=O)N([C@H](CCOC)c2cc(F)cc(C(=O)N[C@@H]3c4ccccc4CC3(C)O)c2)C(=N)N1. The smallest absolute Gasteiger partial charge is 0.251 e. The number of methoxy groups -OCH3 is 1. The van der Waals surface area contributed by atoms with Gasteiger partial charge in [-0.3, -0.25) is 19.9 Å². The van der Waals surface area contributed by atoms with Gasteiger partial charge in [0.25, 0.3) is 5.91 Å². The quantitative estimate of drug-likeness (QED) is 0.396. The van der Waals surface area contributed by atoms with Crippen molar-refractivity contribution >= 4 is 17.8 Å². The average molecular weight is 525 g/mol. The van der Waals surface area contributed by atoms with Gasteiger partial charge in [-0.1, -0.05) is 38.1 Å². The molecule has 8 nitrogen and oxygen atoms in total. The first kappa shape index (κ1) is 27.7. The lowest BCUT2D eigenvalue weighted by Gasteiger charge is -2.45. The lowest BCUT2D eigenvalue weighted by Crippen LogP contribution is -2.62. The molecule has 204 valence electrons. The molecule has 38 heavy (non-hydrogen) atoms. The largest absolute Gasteiger partial charge is 0.387 e. The van der Waals surface area contributed by atoms with E-state index in [2.05, 4.69) is 10.6 Å². The first-order chi connectivity index (χ1) is 18.0. The van der Waals surface area contributed by atoms with E-state index in [0.717, 1.165) is 17.2 Å². The molecule has 9 heteroatoms. The highest BCUT2D eigenvalue weighted by Crippen LogP contribution is 2.39. The van der Waals surface area contributed by atoms with Crippen molar-refractivity contribution < 1.29 is 23.8 Å². The molecule has 2 aromatic carbocycles. The molecule has 3 atom stereocenters. The molecule has 2 aliphatic rings. The summed E-state index contributed by atoms with van der Waals surface area (Å²) in [5.74, 6) is -1.44. The van der Waals surface area contributed by atoms with Crippen LogP contribution in [0.2, 0.25) is 0 Å². The number of ether oxygens (including phenoxy) is 1. The summed E-state index contributed by atoms with van der Waals surface area (Å²) in [6, 6.07) is 10.2. The summed E-state index contributed by atoms with van der Waals surface area (Å²) in [7, 11) is 1.54. The maximum absolute atomic E-state index is 14.9. The highest BCUT2D eigenvalue weighted by atomic mass is 19.1. The number of carbonyl (C=O) groups is 2. The van der Waals surface area contributed by atoms with E-state index in [0.29, 0.717) is 31.2 Å². The topological polar surface area (TPSA) is 115 Å². The molecule has 2 amide bonds. The zero-order valence-corrected chi connectivity index (χ0v) is 22.4. The minimum Gasteiger partial charge on any atom is -0.387 e. The van der Waals surface area contributed by atoms with E-state index >= 15 is 0 Å². The van der Waals surface area contributed by atoms with Crippen molar-refractivity contribution in [3.05, 3.63) is 70.5 Å². The van der Waals surface area contributed by atoms with Crippen LogP contribution in [0.25, 0.3) is 0 Å². The number of rotatable bonds is 9. The monoisotopic (exact) mass is 524 g/mol. The number of nitrogens with zero attached hydrogens (tertiary/aromatic N) is 1. The Morgan fingerprint density at radius 3 is 2.63 bits per heavy atom. The van der Waals surface area contributed by atoms with Gasteiger partial charge in [0, 0.05) is 31.2 Å². The van der Waals surface area contributed by atoms with Crippen LogP contribution in [-0.4, -0.2) is 52.6 Å². The van der Waals surface area contributed by atoms with Crippen LogP contribution < -0.4 is 10.6 Å². The summed E-state index contributed by atoms with van der Waals surface area (Å²) in [6.07, 6.45) is 2.29. The lowest BCUT2D eigenvalue weighted by atomic mass is 9.86. The molecule has 1 aliphatic carbocycles. The van der Waals surface area contributed by atoms with Gasteiger partial charge >= 0.3 is 0 Å². The van der Waals surface area contributed by atoms with Crippen molar-refractivity contribution in [3.63, 3.8) is 0 Å². The molecule has 1 aliphatic heterocycles. The maximum atomic E-state index is 14.9. The second-order valence-electron chi connectivity index (χ2n) is 10.6. The molecule has 1 unspecified atom stereocenters. The van der Waals surface area contributed by atoms with Crippen molar-refractivity contribution in [2.75, 3.05) is 13.7 Å². The number of aliphatic hydroxyl groups is 1. The number of fused-ring (bicyclic) bond motifs is 1. The van der Waals surface area contributed by atoms with Gasteiger partial charge < -0.3 is 20.5 Å². The maximum Gasteiger partial charge on any atom is 0.251 e. The number of nitrogens with one attached hydrogen (secondary N) is 3. The number of halogens is 1. The molecular formula is C29H37FN4O4. The Bertz CT molecular complexity index is 1210. The molecule has 0 spiro atoms. The van der Waals surface area contributed by atoms with Gasteiger partial charge in [0.15, 0.2) is 5.96 Å². The van der Waals surface area contributed by atoms with E-state index in [1.807, 2.05) is 38.1 Å². The average Bonchev–Trinajstić information content (AvgIpc) is 3.14. The third kappa shape index (κ3) is 5.31. The lowest BCUT2D eigenvalue weighted by molar-refractivity contribution is -0.133. The Kier molecular flexibility index (Phi) is 7.90. The molecule has 4 N–H and O–H groups in total. The van der Waals surface area contributed by atoms with Crippen LogP contribution in [-0.2, 0) is 16.0 Å². The Morgan fingerprint density at radius 1 is 1.26 bits per heavy atom.